The highest BCUT2D eigenvalue weighted by molar-refractivity contribution is 5.76. The molecule has 1 N–H and O–H groups in total. The number of β-amino-alcohol motifs (C(OH)–C–C–N with tert-alkyl or cyclic N) is 1. The third-order valence-corrected chi connectivity index (χ3v) is 4.92. The topological polar surface area (TPSA) is 61.6 Å². The van der Waals surface area contributed by atoms with Crippen molar-refractivity contribution < 1.29 is 9.90 Å². The van der Waals surface area contributed by atoms with Crippen molar-refractivity contribution in [2.75, 3.05) is 32.7 Å². The molecule has 6 heteroatoms. The van der Waals surface area contributed by atoms with Crippen molar-refractivity contribution in [1.82, 2.24) is 19.6 Å². The number of amides is 1. The normalized spacial score (nSPS) is 26.0. The van der Waals surface area contributed by atoms with Crippen molar-refractivity contribution in [3.8, 4) is 0 Å². The highest BCUT2D eigenvalue weighted by atomic mass is 16.3. The van der Waals surface area contributed by atoms with Gasteiger partial charge in [0.25, 0.3) is 0 Å². The van der Waals surface area contributed by atoms with Gasteiger partial charge in [0.05, 0.1) is 12.1 Å². The second-order valence-electron chi connectivity index (χ2n) is 6.72. The van der Waals surface area contributed by atoms with Crippen molar-refractivity contribution >= 4 is 5.91 Å². The lowest BCUT2D eigenvalue weighted by Crippen LogP contribution is -2.45. The summed E-state index contributed by atoms with van der Waals surface area (Å²) in [4.78, 5) is 16.5. The van der Waals surface area contributed by atoms with E-state index in [0.29, 0.717) is 38.9 Å². The highest BCUT2D eigenvalue weighted by Gasteiger charge is 2.39. The van der Waals surface area contributed by atoms with E-state index in [9.17, 15) is 9.90 Å². The van der Waals surface area contributed by atoms with E-state index < -0.39 is 5.60 Å². The fraction of sp³-hybridized carbons (Fsp3) is 0.750. The molecular weight excluding hydrogens is 280 g/mol. The molecule has 0 radical (unpaired) electrons. The van der Waals surface area contributed by atoms with Gasteiger partial charge < -0.3 is 14.9 Å². The van der Waals surface area contributed by atoms with Crippen LogP contribution in [0.3, 0.4) is 0 Å². The van der Waals surface area contributed by atoms with E-state index in [2.05, 4.69) is 10.00 Å². The summed E-state index contributed by atoms with van der Waals surface area (Å²) in [5, 5.41) is 14.8. The Morgan fingerprint density at radius 1 is 1.36 bits per heavy atom. The van der Waals surface area contributed by atoms with Gasteiger partial charge in [-0.05, 0) is 44.8 Å². The van der Waals surface area contributed by atoms with Crippen molar-refractivity contribution in [2.45, 2.75) is 37.7 Å². The Hall–Kier alpha value is -1.40. The first-order chi connectivity index (χ1) is 10.6. The van der Waals surface area contributed by atoms with Crippen LogP contribution in [0.5, 0.6) is 0 Å². The summed E-state index contributed by atoms with van der Waals surface area (Å²) in [5.41, 5.74) is 0.354. The monoisotopic (exact) mass is 306 g/mol. The first-order valence-electron chi connectivity index (χ1n) is 8.25. The number of aromatic nitrogens is 2. The van der Waals surface area contributed by atoms with E-state index in [-0.39, 0.29) is 5.91 Å². The third-order valence-electron chi connectivity index (χ3n) is 4.92. The van der Waals surface area contributed by atoms with Crippen LogP contribution in [0.2, 0.25) is 0 Å². The second-order valence-corrected chi connectivity index (χ2v) is 6.72. The maximum atomic E-state index is 12.3. The van der Waals surface area contributed by atoms with Gasteiger partial charge in [-0.25, -0.2) is 0 Å². The molecule has 122 valence electrons. The van der Waals surface area contributed by atoms with Crippen LogP contribution in [0.1, 0.15) is 31.4 Å². The minimum Gasteiger partial charge on any atom is -0.387 e. The van der Waals surface area contributed by atoms with Gasteiger partial charge in [-0.2, -0.15) is 5.10 Å². The Kier molecular flexibility index (Phi) is 4.49. The number of aliphatic hydroxyl groups is 1. The number of nitrogens with zero attached hydrogens (tertiary/aromatic N) is 4. The lowest BCUT2D eigenvalue weighted by Gasteiger charge is -2.28. The van der Waals surface area contributed by atoms with Gasteiger partial charge in [0.15, 0.2) is 0 Å². The van der Waals surface area contributed by atoms with E-state index in [1.165, 1.54) is 12.8 Å². The zero-order valence-corrected chi connectivity index (χ0v) is 13.4. The number of carbonyl (C=O) groups excluding carboxylic acids is 1. The largest absolute Gasteiger partial charge is 0.387 e. The number of aryl methyl sites for hydroxylation is 2. The third kappa shape index (κ3) is 3.50. The Labute approximate surface area is 131 Å². The maximum Gasteiger partial charge on any atom is 0.223 e. The Balaban J connectivity index is 1.48. The van der Waals surface area contributed by atoms with Crippen LogP contribution in [0.25, 0.3) is 0 Å². The zero-order valence-electron chi connectivity index (χ0n) is 13.4. The lowest BCUT2D eigenvalue weighted by molar-refractivity contribution is -0.131. The Morgan fingerprint density at radius 2 is 2.14 bits per heavy atom. The summed E-state index contributed by atoms with van der Waals surface area (Å²) in [6, 6.07) is 1.95. The Bertz CT molecular complexity index is 524. The summed E-state index contributed by atoms with van der Waals surface area (Å²) in [7, 11) is 1.89. The minimum atomic E-state index is -0.716. The van der Waals surface area contributed by atoms with E-state index in [1.807, 2.05) is 18.0 Å². The quantitative estimate of drug-likeness (QED) is 0.856. The molecular formula is C16H26N4O2. The molecule has 3 rings (SSSR count). The van der Waals surface area contributed by atoms with Gasteiger partial charge in [-0.15, -0.1) is 0 Å². The van der Waals surface area contributed by atoms with Gasteiger partial charge in [0.1, 0.15) is 0 Å². The van der Waals surface area contributed by atoms with Gasteiger partial charge in [0.2, 0.25) is 5.91 Å². The van der Waals surface area contributed by atoms with Crippen LogP contribution in [-0.4, -0.2) is 68.9 Å². The second kappa shape index (κ2) is 6.38. The van der Waals surface area contributed by atoms with Gasteiger partial charge in [-0.1, -0.05) is 0 Å². The van der Waals surface area contributed by atoms with Crippen LogP contribution in [0.15, 0.2) is 12.3 Å². The van der Waals surface area contributed by atoms with Gasteiger partial charge >= 0.3 is 0 Å². The van der Waals surface area contributed by atoms with Crippen molar-refractivity contribution in [1.29, 1.82) is 0 Å². The number of likely N-dealkylation sites (tertiary alicyclic amines) is 2. The molecule has 1 unspecified atom stereocenters. The molecule has 2 saturated heterocycles. The smallest absolute Gasteiger partial charge is 0.223 e. The zero-order chi connectivity index (χ0) is 15.6. The summed E-state index contributed by atoms with van der Waals surface area (Å²) < 4.78 is 1.81. The van der Waals surface area contributed by atoms with E-state index in [4.69, 9.17) is 0 Å². The molecule has 2 fully saturated rings. The summed E-state index contributed by atoms with van der Waals surface area (Å²) >= 11 is 0. The van der Waals surface area contributed by atoms with E-state index in [1.54, 1.807) is 10.9 Å². The first-order valence-corrected chi connectivity index (χ1v) is 8.25. The summed E-state index contributed by atoms with van der Waals surface area (Å²) in [6.45, 7) is 4.02. The van der Waals surface area contributed by atoms with Crippen LogP contribution in [0, 0.1) is 0 Å². The number of hydrogen-bond donors (Lipinski definition) is 1. The average molecular weight is 306 g/mol. The van der Waals surface area contributed by atoms with Gasteiger partial charge in [0, 0.05) is 38.4 Å². The predicted octanol–water partition coefficient (Wildman–Crippen LogP) is 0.412. The van der Waals surface area contributed by atoms with Crippen LogP contribution in [-0.2, 0) is 18.3 Å². The first kappa shape index (κ1) is 15.5. The SMILES string of the molecule is Cn1nccc1CCC(=O)N1CCC(O)(CN2CCCC2)C1. The van der Waals surface area contributed by atoms with E-state index >= 15 is 0 Å². The molecule has 1 atom stereocenters. The van der Waals surface area contributed by atoms with Crippen molar-refractivity contribution in [3.63, 3.8) is 0 Å². The molecule has 22 heavy (non-hydrogen) atoms. The predicted molar refractivity (Wildman–Crippen MR) is 83.3 cm³/mol. The fourth-order valence-electron chi connectivity index (χ4n) is 3.60. The lowest BCUT2D eigenvalue weighted by atomic mass is 10.0. The fourth-order valence-corrected chi connectivity index (χ4v) is 3.60. The molecule has 1 aromatic rings. The van der Waals surface area contributed by atoms with Crippen LogP contribution >= 0.6 is 0 Å². The van der Waals surface area contributed by atoms with Crippen molar-refractivity contribution in [3.05, 3.63) is 18.0 Å². The molecule has 0 aliphatic carbocycles. The summed E-state index contributed by atoms with van der Waals surface area (Å²) in [5.74, 6) is 0.138. The number of rotatable bonds is 5. The van der Waals surface area contributed by atoms with Crippen LogP contribution in [0.4, 0.5) is 0 Å². The maximum absolute atomic E-state index is 12.3. The minimum absolute atomic E-state index is 0.138. The molecule has 2 aliphatic rings. The standard InChI is InChI=1S/C16H26N4O2/c1-18-14(6-8-17-18)4-5-15(21)20-11-7-16(22,13-20)12-19-9-2-3-10-19/h6,8,22H,2-5,7,9-13H2,1H3. The van der Waals surface area contributed by atoms with E-state index in [0.717, 1.165) is 18.8 Å². The molecule has 0 aromatic carbocycles. The summed E-state index contributed by atoms with van der Waals surface area (Å²) in [6.07, 6.45) is 6.09. The molecule has 1 amide bonds. The highest BCUT2D eigenvalue weighted by Crippen LogP contribution is 2.25. The molecule has 6 nitrogen and oxygen atoms in total. The molecule has 1 aromatic heterocycles. The Morgan fingerprint density at radius 3 is 2.82 bits per heavy atom. The molecule has 0 saturated carbocycles. The number of hydrogen-bond acceptors (Lipinski definition) is 4. The van der Waals surface area contributed by atoms with Crippen LogP contribution < -0.4 is 0 Å². The molecule has 0 spiro atoms. The molecule has 2 aliphatic heterocycles. The number of carbonyl (C=O) groups is 1. The van der Waals surface area contributed by atoms with Crippen molar-refractivity contribution in [2.24, 2.45) is 7.05 Å². The molecule has 3 heterocycles. The van der Waals surface area contributed by atoms with Gasteiger partial charge in [-0.3, -0.25) is 9.48 Å². The average Bonchev–Trinajstić information content (AvgIpc) is 3.19. The molecule has 0 bridgehead atoms.